The third-order valence-corrected chi connectivity index (χ3v) is 1.77. The average molecular weight is 307 g/mol. The Labute approximate surface area is 88.2 Å². The Morgan fingerprint density at radius 3 is 1.83 bits per heavy atom. The molecular weight excluding hydrogens is 301 g/mol. The minimum absolute atomic E-state index is 0.280. The van der Waals surface area contributed by atoms with E-state index in [0.29, 0.717) is 0 Å². The third kappa shape index (κ3) is 2.48. The second-order valence-corrected chi connectivity index (χ2v) is 3.46. The van der Waals surface area contributed by atoms with Gasteiger partial charge in [0.25, 0.3) is 0 Å². The van der Waals surface area contributed by atoms with Gasteiger partial charge < -0.3 is 0 Å². The molecule has 1 aromatic rings. The van der Waals surface area contributed by atoms with Crippen molar-refractivity contribution in [3.8, 4) is 0 Å². The van der Waals surface area contributed by atoms with Crippen LogP contribution in [0.4, 0.5) is 13.2 Å². The topological polar surface area (TPSA) is 0 Å². The molecule has 1 rings (SSSR count). The van der Waals surface area contributed by atoms with E-state index >= 15 is 0 Å². The molecule has 0 aromatic heterocycles. The lowest BCUT2D eigenvalue weighted by Gasteiger charge is -2.06. The third-order valence-electron chi connectivity index (χ3n) is 0.972. The van der Waals surface area contributed by atoms with Crippen LogP contribution in [0.5, 0.6) is 0 Å². The number of alkyl halides is 3. The van der Waals surface area contributed by atoms with Crippen LogP contribution >= 0.6 is 31.9 Å². The maximum absolute atomic E-state index is 12.5. The van der Waals surface area contributed by atoms with Gasteiger partial charge in [0.2, 0.25) is 0 Å². The quantitative estimate of drug-likeness (QED) is 0.673. The van der Waals surface area contributed by atoms with Gasteiger partial charge in [0.05, 0.1) is 9.68 Å². The molecule has 0 radical (unpaired) electrons. The summed E-state index contributed by atoms with van der Waals surface area (Å²) in [5, 5.41) is 0. The summed E-state index contributed by atoms with van der Waals surface area (Å²) in [7, 11) is 0. The predicted octanol–water partition coefficient (Wildman–Crippen LogP) is 4.23. The van der Waals surface area contributed by atoms with Crippen molar-refractivity contribution in [1.29, 1.82) is 0 Å². The Kier molecular flexibility index (Phi) is 1.81. The van der Waals surface area contributed by atoms with Crippen molar-refractivity contribution in [3.05, 3.63) is 32.6 Å². The van der Waals surface area contributed by atoms with Gasteiger partial charge in [-0.15, -0.1) is 0 Å². The molecule has 0 aliphatic rings. The van der Waals surface area contributed by atoms with Crippen LogP contribution in [0.15, 0.2) is 27.1 Å². The molecule has 0 bridgehead atoms. The molecule has 0 nitrogen and oxygen atoms in total. The molecule has 0 N–H and O–H groups in total. The van der Waals surface area contributed by atoms with Crippen LogP contribution in [-0.4, -0.2) is 0 Å². The molecule has 0 saturated heterocycles. The molecule has 66 valence electrons. The summed E-state index contributed by atoms with van der Waals surface area (Å²) >= 11 is 5.44. The number of hydrogen-bond acceptors (Lipinski definition) is 0. The number of halogens is 5. The summed E-state index contributed by atoms with van der Waals surface area (Å²) < 4.78 is 58.5. The average Bonchev–Trinajstić information content (AvgIpc) is 2.09. The number of rotatable bonds is 0. The molecule has 5 heteroatoms. The second kappa shape index (κ2) is 3.38. The first-order chi connectivity index (χ1) is 6.68. The van der Waals surface area contributed by atoms with Crippen LogP contribution in [0.25, 0.3) is 0 Å². The summed E-state index contributed by atoms with van der Waals surface area (Å²) in [5.74, 6) is 0. The molecule has 0 aliphatic heterocycles. The van der Waals surface area contributed by atoms with Crippen molar-refractivity contribution < 1.29 is 17.3 Å². The molecule has 1 aromatic carbocycles. The van der Waals surface area contributed by atoms with E-state index in [4.69, 9.17) is 4.11 Å². The van der Waals surface area contributed by atoms with Gasteiger partial charge in [0.15, 0.2) is 0 Å². The lowest BCUT2D eigenvalue weighted by molar-refractivity contribution is -0.137. The van der Waals surface area contributed by atoms with Gasteiger partial charge in [-0.25, -0.2) is 0 Å². The first-order valence-corrected chi connectivity index (χ1v) is 4.28. The summed E-state index contributed by atoms with van der Waals surface area (Å²) in [6.07, 6.45) is -4.77. The van der Waals surface area contributed by atoms with Gasteiger partial charge in [-0.3, -0.25) is 0 Å². The van der Waals surface area contributed by atoms with Crippen LogP contribution in [0.2, 0.25) is 0 Å². The lowest BCUT2D eigenvalue weighted by atomic mass is 10.2. The molecule has 0 unspecified atom stereocenters. The normalized spacial score (nSPS) is 15.2. The number of benzene rings is 1. The SMILES string of the molecule is [2H]c1c(Br)c([2H])c(C(F)(F)F)c([2H])c1Br. The Bertz CT molecular complexity index is 388. The van der Waals surface area contributed by atoms with E-state index in [0.717, 1.165) is 0 Å². The number of hydrogen-bond donors (Lipinski definition) is 0. The van der Waals surface area contributed by atoms with Crippen molar-refractivity contribution in [1.82, 2.24) is 0 Å². The predicted molar refractivity (Wildman–Crippen MR) is 46.8 cm³/mol. The Morgan fingerprint density at radius 2 is 1.50 bits per heavy atom. The Morgan fingerprint density at radius 1 is 1.08 bits per heavy atom. The summed E-state index contributed by atoms with van der Waals surface area (Å²) in [5.41, 5.74) is -1.35. The highest BCUT2D eigenvalue weighted by molar-refractivity contribution is 9.11. The largest absolute Gasteiger partial charge is 0.416 e. The van der Waals surface area contributed by atoms with E-state index in [1.807, 2.05) is 0 Å². The van der Waals surface area contributed by atoms with Gasteiger partial charge in [0, 0.05) is 8.95 Å². The van der Waals surface area contributed by atoms with Crippen LogP contribution in [0.1, 0.15) is 9.68 Å². The van der Waals surface area contributed by atoms with E-state index < -0.39 is 23.8 Å². The minimum atomic E-state index is -4.77. The van der Waals surface area contributed by atoms with Gasteiger partial charge in [-0.2, -0.15) is 13.2 Å². The van der Waals surface area contributed by atoms with E-state index in [-0.39, 0.29) is 15.0 Å². The molecule has 0 aliphatic carbocycles. The Hall–Kier alpha value is -0.0300. The molecule has 0 saturated carbocycles. The lowest BCUT2D eigenvalue weighted by Crippen LogP contribution is -2.04. The molecule has 0 atom stereocenters. The van der Waals surface area contributed by atoms with Crippen LogP contribution in [-0.2, 0) is 6.18 Å². The van der Waals surface area contributed by atoms with Gasteiger partial charge in [0.1, 0.15) is 0 Å². The van der Waals surface area contributed by atoms with Crippen LogP contribution < -0.4 is 0 Å². The van der Waals surface area contributed by atoms with Crippen molar-refractivity contribution in [2.24, 2.45) is 0 Å². The fourth-order valence-corrected chi connectivity index (χ4v) is 1.61. The molecule has 12 heavy (non-hydrogen) atoms. The van der Waals surface area contributed by atoms with Gasteiger partial charge in [-0.1, -0.05) is 31.9 Å². The van der Waals surface area contributed by atoms with Gasteiger partial charge in [-0.05, 0) is 18.1 Å². The maximum Gasteiger partial charge on any atom is 0.416 e. The van der Waals surface area contributed by atoms with Crippen LogP contribution in [0, 0.1) is 0 Å². The molecule has 0 amide bonds. The standard InChI is InChI=1S/C7H3Br2F3/c8-5-1-4(7(10,11)12)2-6(9)3-5/h1-3H/i1D,2D,3D. The maximum atomic E-state index is 12.5. The first kappa shape index (κ1) is 6.43. The monoisotopic (exact) mass is 305 g/mol. The Balaban J connectivity index is 3.68. The highest BCUT2D eigenvalue weighted by Gasteiger charge is 2.30. The van der Waals surface area contributed by atoms with E-state index in [1.165, 1.54) is 0 Å². The second-order valence-electron chi connectivity index (χ2n) is 1.88. The van der Waals surface area contributed by atoms with Gasteiger partial charge >= 0.3 is 6.18 Å². The van der Waals surface area contributed by atoms with E-state index in [1.54, 1.807) is 0 Å². The van der Waals surface area contributed by atoms with Crippen molar-refractivity contribution in [2.75, 3.05) is 0 Å². The van der Waals surface area contributed by atoms with E-state index in [9.17, 15) is 13.2 Å². The van der Waals surface area contributed by atoms with Crippen LogP contribution in [0.3, 0.4) is 0 Å². The fourth-order valence-electron chi connectivity index (χ4n) is 0.551. The van der Waals surface area contributed by atoms with E-state index in [2.05, 4.69) is 31.9 Å². The summed E-state index contributed by atoms with van der Waals surface area (Å²) in [4.78, 5) is 0. The molecule has 0 fully saturated rings. The molecule has 0 spiro atoms. The highest BCUT2D eigenvalue weighted by Crippen LogP contribution is 2.33. The summed E-state index contributed by atoms with van der Waals surface area (Å²) in [6, 6.07) is -2.11. The zero-order valence-corrected chi connectivity index (χ0v) is 8.56. The molecular formula is C7H3Br2F3. The highest BCUT2D eigenvalue weighted by atomic mass is 79.9. The first-order valence-electron chi connectivity index (χ1n) is 4.19. The smallest absolute Gasteiger partial charge is 0.166 e. The van der Waals surface area contributed by atoms with Crippen molar-refractivity contribution in [3.63, 3.8) is 0 Å². The molecule has 0 heterocycles. The zero-order chi connectivity index (χ0) is 12.0. The minimum Gasteiger partial charge on any atom is -0.166 e. The van der Waals surface area contributed by atoms with Crippen molar-refractivity contribution >= 4 is 31.9 Å². The van der Waals surface area contributed by atoms with Crippen molar-refractivity contribution in [2.45, 2.75) is 6.18 Å². The summed E-state index contributed by atoms with van der Waals surface area (Å²) in [6.45, 7) is 0. The fraction of sp³-hybridized carbons (Fsp3) is 0.143. The zero-order valence-electron chi connectivity index (χ0n) is 8.39.